The second-order valence-electron chi connectivity index (χ2n) is 9.52. The highest BCUT2D eigenvalue weighted by Gasteiger charge is 2.16. The first-order valence-electron chi connectivity index (χ1n) is 13.2. The molecular formula is C34H31ClN2O5. The van der Waals surface area contributed by atoms with E-state index in [1.54, 1.807) is 19.2 Å². The predicted molar refractivity (Wildman–Crippen MR) is 164 cm³/mol. The maximum absolute atomic E-state index is 12.8. The summed E-state index contributed by atoms with van der Waals surface area (Å²) < 4.78 is 23.0. The van der Waals surface area contributed by atoms with Crippen LogP contribution in [0.25, 0.3) is 6.08 Å². The Morgan fingerprint density at radius 3 is 2.29 bits per heavy atom. The van der Waals surface area contributed by atoms with Gasteiger partial charge in [-0.15, -0.1) is 0 Å². The van der Waals surface area contributed by atoms with Crippen molar-refractivity contribution in [3.8, 4) is 29.1 Å². The van der Waals surface area contributed by atoms with Gasteiger partial charge < -0.3 is 24.3 Å². The monoisotopic (exact) mass is 582 g/mol. The highest BCUT2D eigenvalue weighted by Crippen LogP contribution is 2.38. The lowest BCUT2D eigenvalue weighted by molar-refractivity contribution is -0.112. The Morgan fingerprint density at radius 2 is 1.60 bits per heavy atom. The van der Waals surface area contributed by atoms with Crippen LogP contribution in [0.15, 0.2) is 84.4 Å². The fraction of sp³-hybridized carbons (Fsp3) is 0.176. The van der Waals surface area contributed by atoms with E-state index in [-0.39, 0.29) is 17.2 Å². The van der Waals surface area contributed by atoms with E-state index in [1.807, 2.05) is 86.6 Å². The molecule has 4 aromatic rings. The number of carbonyl (C=O) groups is 1. The Kier molecular flexibility index (Phi) is 10.1. The van der Waals surface area contributed by atoms with E-state index in [0.717, 1.165) is 22.3 Å². The lowest BCUT2D eigenvalue weighted by atomic mass is 10.1. The number of amides is 1. The molecule has 0 bridgehead atoms. The molecule has 0 aliphatic carbocycles. The minimum atomic E-state index is -0.523. The van der Waals surface area contributed by atoms with Crippen molar-refractivity contribution in [3.05, 3.63) is 117 Å². The third-order valence-electron chi connectivity index (χ3n) is 6.41. The van der Waals surface area contributed by atoms with Gasteiger partial charge >= 0.3 is 0 Å². The van der Waals surface area contributed by atoms with Gasteiger partial charge in [-0.25, -0.2) is 0 Å². The summed E-state index contributed by atoms with van der Waals surface area (Å²) in [4.78, 5) is 12.8. The molecular weight excluding hydrogens is 552 g/mol. The normalized spacial score (nSPS) is 10.9. The lowest BCUT2D eigenvalue weighted by Gasteiger charge is -2.15. The van der Waals surface area contributed by atoms with Gasteiger partial charge in [-0.2, -0.15) is 5.26 Å². The molecule has 0 unspecified atom stereocenters. The third-order valence-corrected chi connectivity index (χ3v) is 6.69. The van der Waals surface area contributed by atoms with Gasteiger partial charge in [0.15, 0.2) is 23.0 Å². The number of carbonyl (C=O) groups excluding carboxylic acids is 1. The van der Waals surface area contributed by atoms with Crippen molar-refractivity contribution < 1.29 is 23.7 Å². The van der Waals surface area contributed by atoms with Crippen LogP contribution in [0.2, 0.25) is 5.02 Å². The standard InChI is InChI=1S/C34H31ClN2O5/c1-22-10-12-29(23(2)14-22)37-34(38)27(19-36)15-26-16-28(35)33(32(18-26)40-4)42-21-25-11-13-30(31(17-25)39-3)41-20-24-8-6-5-7-9-24/h5-18H,20-21H2,1-4H3,(H,37,38)/b27-15+. The quantitative estimate of drug-likeness (QED) is 0.144. The van der Waals surface area contributed by atoms with Crippen LogP contribution < -0.4 is 24.3 Å². The number of nitrogens with zero attached hydrogens (tertiary/aromatic N) is 1. The van der Waals surface area contributed by atoms with E-state index < -0.39 is 5.91 Å². The first kappa shape index (κ1) is 30.0. The number of aryl methyl sites for hydroxylation is 2. The van der Waals surface area contributed by atoms with Crippen molar-refractivity contribution in [2.24, 2.45) is 0 Å². The van der Waals surface area contributed by atoms with Gasteiger partial charge in [-0.3, -0.25) is 4.79 Å². The summed E-state index contributed by atoms with van der Waals surface area (Å²) in [7, 11) is 3.07. The second kappa shape index (κ2) is 14.1. The molecule has 1 N–H and O–H groups in total. The number of hydrogen-bond donors (Lipinski definition) is 1. The zero-order chi connectivity index (χ0) is 30.1. The van der Waals surface area contributed by atoms with Crippen molar-refractivity contribution >= 4 is 29.3 Å². The number of anilines is 1. The summed E-state index contributed by atoms with van der Waals surface area (Å²) >= 11 is 6.57. The SMILES string of the molecule is COc1cc(COc2c(Cl)cc(/C=C(\C#N)C(=O)Nc3ccc(C)cc3C)cc2OC)ccc1OCc1ccccc1. The molecule has 7 nitrogen and oxygen atoms in total. The first-order valence-corrected chi connectivity index (χ1v) is 13.5. The van der Waals surface area contributed by atoms with Crippen LogP contribution in [0.5, 0.6) is 23.0 Å². The third kappa shape index (κ3) is 7.62. The first-order chi connectivity index (χ1) is 20.3. The molecule has 214 valence electrons. The van der Waals surface area contributed by atoms with E-state index in [0.29, 0.717) is 40.9 Å². The number of nitrogens with one attached hydrogen (secondary N) is 1. The van der Waals surface area contributed by atoms with Crippen molar-refractivity contribution in [3.63, 3.8) is 0 Å². The highest BCUT2D eigenvalue weighted by molar-refractivity contribution is 6.32. The topological polar surface area (TPSA) is 89.8 Å². The summed E-state index contributed by atoms with van der Waals surface area (Å²) in [5, 5.41) is 12.7. The fourth-order valence-corrected chi connectivity index (χ4v) is 4.51. The zero-order valence-electron chi connectivity index (χ0n) is 23.9. The van der Waals surface area contributed by atoms with Crippen molar-refractivity contribution in [2.45, 2.75) is 27.1 Å². The summed E-state index contributed by atoms with van der Waals surface area (Å²) in [6, 6.07) is 26.3. The molecule has 4 rings (SSSR count). The van der Waals surface area contributed by atoms with Crippen LogP contribution in [-0.2, 0) is 18.0 Å². The molecule has 0 atom stereocenters. The molecule has 4 aromatic carbocycles. The Hall–Kier alpha value is -4.93. The Labute approximate surface area is 250 Å². The van der Waals surface area contributed by atoms with Crippen LogP contribution in [0.3, 0.4) is 0 Å². The number of hydrogen-bond acceptors (Lipinski definition) is 6. The van der Waals surface area contributed by atoms with E-state index in [4.69, 9.17) is 30.5 Å². The Morgan fingerprint density at radius 1 is 0.857 bits per heavy atom. The van der Waals surface area contributed by atoms with Gasteiger partial charge in [0, 0.05) is 5.69 Å². The van der Waals surface area contributed by atoms with E-state index in [2.05, 4.69) is 5.32 Å². The molecule has 0 aromatic heterocycles. The smallest absolute Gasteiger partial charge is 0.266 e. The number of methoxy groups -OCH3 is 2. The van der Waals surface area contributed by atoms with E-state index in [1.165, 1.54) is 13.2 Å². The average Bonchev–Trinajstić information content (AvgIpc) is 3.00. The predicted octanol–water partition coefficient (Wildman–Crippen LogP) is 7.68. The molecule has 0 saturated heterocycles. The van der Waals surface area contributed by atoms with Crippen molar-refractivity contribution in [2.75, 3.05) is 19.5 Å². The van der Waals surface area contributed by atoms with Crippen molar-refractivity contribution in [1.29, 1.82) is 5.26 Å². The van der Waals surface area contributed by atoms with Crippen molar-refractivity contribution in [1.82, 2.24) is 0 Å². The molecule has 0 aliphatic heterocycles. The highest BCUT2D eigenvalue weighted by atomic mass is 35.5. The van der Waals surface area contributed by atoms with Gasteiger partial charge in [0.05, 0.1) is 19.2 Å². The van der Waals surface area contributed by atoms with Gasteiger partial charge in [-0.05, 0) is 72.5 Å². The molecule has 0 spiro atoms. The second-order valence-corrected chi connectivity index (χ2v) is 9.93. The molecule has 0 radical (unpaired) electrons. The number of rotatable bonds is 11. The molecule has 8 heteroatoms. The summed E-state index contributed by atoms with van der Waals surface area (Å²) in [6.45, 7) is 4.47. The largest absolute Gasteiger partial charge is 0.493 e. The Balaban J connectivity index is 1.47. The van der Waals surface area contributed by atoms with Gasteiger partial charge in [0.2, 0.25) is 0 Å². The van der Waals surface area contributed by atoms with Crippen LogP contribution >= 0.6 is 11.6 Å². The number of ether oxygens (including phenoxy) is 4. The van der Waals surface area contributed by atoms with Crippen LogP contribution in [0.4, 0.5) is 5.69 Å². The van der Waals surface area contributed by atoms with Gasteiger partial charge in [0.25, 0.3) is 5.91 Å². The van der Waals surface area contributed by atoms with Gasteiger partial charge in [-0.1, -0.05) is 65.7 Å². The maximum Gasteiger partial charge on any atom is 0.266 e. The summed E-state index contributed by atoms with van der Waals surface area (Å²) in [5.74, 6) is 1.36. The maximum atomic E-state index is 12.8. The molecule has 0 heterocycles. The minimum absolute atomic E-state index is 0.0802. The number of benzene rings is 4. The van der Waals surface area contributed by atoms with Crippen LogP contribution in [0.1, 0.15) is 27.8 Å². The zero-order valence-corrected chi connectivity index (χ0v) is 24.6. The van der Waals surface area contributed by atoms with Crippen LogP contribution in [0, 0.1) is 25.2 Å². The van der Waals surface area contributed by atoms with E-state index in [9.17, 15) is 10.1 Å². The molecule has 0 aliphatic rings. The van der Waals surface area contributed by atoms with Crippen LogP contribution in [-0.4, -0.2) is 20.1 Å². The minimum Gasteiger partial charge on any atom is -0.493 e. The molecule has 0 saturated carbocycles. The number of halogens is 1. The Bertz CT molecular complexity index is 1640. The molecule has 42 heavy (non-hydrogen) atoms. The molecule has 1 amide bonds. The van der Waals surface area contributed by atoms with Gasteiger partial charge in [0.1, 0.15) is 24.9 Å². The summed E-state index contributed by atoms with van der Waals surface area (Å²) in [5.41, 5.74) is 4.93. The lowest BCUT2D eigenvalue weighted by Crippen LogP contribution is -2.14. The van der Waals surface area contributed by atoms with E-state index >= 15 is 0 Å². The fourth-order valence-electron chi connectivity index (χ4n) is 4.23. The molecule has 0 fully saturated rings. The average molecular weight is 583 g/mol. The summed E-state index contributed by atoms with van der Waals surface area (Å²) in [6.07, 6.45) is 1.45. The number of nitriles is 1.